The molecule has 0 unspecified atom stereocenters. The fraction of sp³-hybridized carbons (Fsp3) is 0. The molecule has 6 nitrogen and oxygen atoms in total. The average molecular weight is 462 g/mol. The van der Waals surface area contributed by atoms with Crippen LogP contribution in [-0.4, -0.2) is 25.9 Å². The third-order valence-electron chi connectivity index (χ3n) is 4.39. The van der Waals surface area contributed by atoms with Crippen molar-refractivity contribution in [3.05, 3.63) is 89.4 Å². The summed E-state index contributed by atoms with van der Waals surface area (Å²) >= 11 is 4.59. The van der Waals surface area contributed by atoms with Gasteiger partial charge in [0.25, 0.3) is 5.91 Å². The molecule has 31 heavy (non-hydrogen) atoms. The Bertz CT molecular complexity index is 1280. The Hall–Kier alpha value is -3.27. The van der Waals surface area contributed by atoms with Gasteiger partial charge in [-0.25, -0.2) is 4.68 Å². The molecule has 0 fully saturated rings. The highest BCUT2D eigenvalue weighted by molar-refractivity contribution is 8.01. The molecule has 3 heterocycles. The lowest BCUT2D eigenvalue weighted by Gasteiger charge is -2.06. The monoisotopic (exact) mass is 461 g/mol. The first-order valence-corrected chi connectivity index (χ1v) is 11.9. The van der Waals surface area contributed by atoms with E-state index < -0.39 is 0 Å². The van der Waals surface area contributed by atoms with Gasteiger partial charge in [-0.15, -0.1) is 21.5 Å². The first kappa shape index (κ1) is 19.7. The second kappa shape index (κ2) is 8.84. The van der Waals surface area contributed by atoms with Crippen LogP contribution in [0.25, 0.3) is 16.3 Å². The number of carbonyl (C=O) groups excluding carboxylic acids is 1. The molecular formula is C22H15N5OS3. The average Bonchev–Trinajstić information content (AvgIpc) is 3.57. The van der Waals surface area contributed by atoms with Crippen molar-refractivity contribution in [2.75, 3.05) is 5.32 Å². The number of rotatable bonds is 6. The van der Waals surface area contributed by atoms with E-state index in [9.17, 15) is 4.79 Å². The minimum absolute atomic E-state index is 0.199. The van der Waals surface area contributed by atoms with Gasteiger partial charge in [0.1, 0.15) is 11.2 Å². The van der Waals surface area contributed by atoms with Gasteiger partial charge < -0.3 is 5.32 Å². The zero-order valence-corrected chi connectivity index (χ0v) is 18.5. The Morgan fingerprint density at radius 1 is 0.968 bits per heavy atom. The number of aromatic nitrogens is 4. The molecule has 0 saturated carbocycles. The smallest absolute Gasteiger partial charge is 0.259 e. The maximum atomic E-state index is 13.1. The highest BCUT2D eigenvalue weighted by atomic mass is 32.2. The highest BCUT2D eigenvalue weighted by Gasteiger charge is 2.19. The molecule has 1 N–H and O–H groups in total. The molecule has 152 valence electrons. The van der Waals surface area contributed by atoms with Gasteiger partial charge in [-0.3, -0.25) is 4.79 Å². The molecular weight excluding hydrogens is 446 g/mol. The molecule has 0 aliphatic rings. The van der Waals surface area contributed by atoms with Gasteiger partial charge in [0.05, 0.1) is 16.1 Å². The SMILES string of the molecule is O=C(Nc1ccc(Sc2nncs2)cc1)c1cn(-c2ccccc2)nc1-c1cccs1. The zero-order chi connectivity index (χ0) is 21.0. The Kier molecular flexibility index (Phi) is 5.61. The molecule has 3 aromatic heterocycles. The summed E-state index contributed by atoms with van der Waals surface area (Å²) in [6, 6.07) is 21.4. The van der Waals surface area contributed by atoms with Crippen LogP contribution in [0.1, 0.15) is 10.4 Å². The second-order valence-electron chi connectivity index (χ2n) is 6.43. The van der Waals surface area contributed by atoms with Gasteiger partial charge in [0, 0.05) is 16.8 Å². The lowest BCUT2D eigenvalue weighted by molar-refractivity contribution is 0.102. The van der Waals surface area contributed by atoms with Crippen molar-refractivity contribution in [2.24, 2.45) is 0 Å². The Balaban J connectivity index is 1.40. The van der Waals surface area contributed by atoms with Crippen molar-refractivity contribution in [3.8, 4) is 16.3 Å². The number of hydrogen-bond acceptors (Lipinski definition) is 7. The second-order valence-corrected chi connectivity index (χ2v) is 9.54. The van der Waals surface area contributed by atoms with Crippen LogP contribution in [0.15, 0.2) is 93.1 Å². The fourth-order valence-electron chi connectivity index (χ4n) is 2.96. The summed E-state index contributed by atoms with van der Waals surface area (Å²) in [5, 5.41) is 17.5. The maximum absolute atomic E-state index is 13.1. The van der Waals surface area contributed by atoms with E-state index in [2.05, 4.69) is 15.5 Å². The van der Waals surface area contributed by atoms with Crippen molar-refractivity contribution in [1.82, 2.24) is 20.0 Å². The topological polar surface area (TPSA) is 72.7 Å². The summed E-state index contributed by atoms with van der Waals surface area (Å²) in [7, 11) is 0. The van der Waals surface area contributed by atoms with E-state index in [-0.39, 0.29) is 5.91 Å². The number of anilines is 1. The number of thiophene rings is 1. The van der Waals surface area contributed by atoms with E-state index in [1.54, 1.807) is 39.5 Å². The van der Waals surface area contributed by atoms with E-state index >= 15 is 0 Å². The zero-order valence-electron chi connectivity index (χ0n) is 16.0. The summed E-state index contributed by atoms with van der Waals surface area (Å²) in [4.78, 5) is 15.1. The molecule has 0 aliphatic heterocycles. The molecule has 0 bridgehead atoms. The Morgan fingerprint density at radius 3 is 2.52 bits per heavy atom. The molecule has 2 aromatic carbocycles. The van der Waals surface area contributed by atoms with Crippen molar-refractivity contribution in [2.45, 2.75) is 9.24 Å². The van der Waals surface area contributed by atoms with Crippen molar-refractivity contribution >= 4 is 46.0 Å². The lowest BCUT2D eigenvalue weighted by atomic mass is 10.2. The Morgan fingerprint density at radius 2 is 1.81 bits per heavy atom. The number of nitrogens with one attached hydrogen (secondary N) is 1. The molecule has 5 rings (SSSR count). The highest BCUT2D eigenvalue weighted by Crippen LogP contribution is 2.30. The van der Waals surface area contributed by atoms with Crippen LogP contribution in [0.2, 0.25) is 0 Å². The van der Waals surface area contributed by atoms with Crippen LogP contribution in [0, 0.1) is 0 Å². The molecule has 1 amide bonds. The van der Waals surface area contributed by atoms with Crippen molar-refractivity contribution in [3.63, 3.8) is 0 Å². The van der Waals surface area contributed by atoms with Gasteiger partial charge in [0.2, 0.25) is 0 Å². The summed E-state index contributed by atoms with van der Waals surface area (Å²) in [6.45, 7) is 0. The number of nitrogens with zero attached hydrogens (tertiary/aromatic N) is 4. The summed E-state index contributed by atoms with van der Waals surface area (Å²) < 4.78 is 2.62. The largest absolute Gasteiger partial charge is 0.322 e. The molecule has 0 saturated heterocycles. The maximum Gasteiger partial charge on any atom is 0.259 e. The van der Waals surface area contributed by atoms with Crippen LogP contribution < -0.4 is 5.32 Å². The minimum atomic E-state index is -0.199. The Labute approximate surface area is 190 Å². The first-order chi connectivity index (χ1) is 15.3. The number of hydrogen-bond donors (Lipinski definition) is 1. The summed E-state index contributed by atoms with van der Waals surface area (Å²) in [5.41, 5.74) is 4.52. The molecule has 5 aromatic rings. The van der Waals surface area contributed by atoms with Gasteiger partial charge in [-0.05, 0) is 47.8 Å². The van der Waals surface area contributed by atoms with E-state index in [4.69, 9.17) is 5.10 Å². The number of amides is 1. The third-order valence-corrected chi connectivity index (χ3v) is 7.05. The van der Waals surface area contributed by atoms with E-state index in [0.29, 0.717) is 11.3 Å². The van der Waals surface area contributed by atoms with Crippen LogP contribution in [0.5, 0.6) is 0 Å². The quantitative estimate of drug-likeness (QED) is 0.343. The molecule has 9 heteroatoms. The predicted octanol–water partition coefficient (Wildman–Crippen LogP) is 5.86. The molecule has 0 spiro atoms. The fourth-order valence-corrected chi connectivity index (χ4v) is 5.14. The van der Waals surface area contributed by atoms with Crippen LogP contribution in [-0.2, 0) is 0 Å². The molecule has 0 atom stereocenters. The normalized spacial score (nSPS) is 10.8. The van der Waals surface area contributed by atoms with E-state index in [1.165, 1.54) is 11.3 Å². The molecule has 0 radical (unpaired) electrons. The standard InChI is InChI=1S/C22H15N5OS3/c28-21(24-15-8-10-17(11-9-15)31-22-25-23-14-30-22)18-13-27(16-5-2-1-3-6-16)26-20(18)19-7-4-12-29-19/h1-14H,(H,24,28). The first-order valence-electron chi connectivity index (χ1n) is 9.31. The van der Waals surface area contributed by atoms with Crippen LogP contribution in [0.4, 0.5) is 5.69 Å². The summed E-state index contributed by atoms with van der Waals surface area (Å²) in [6.07, 6.45) is 1.78. The van der Waals surface area contributed by atoms with Gasteiger partial charge in [-0.2, -0.15) is 5.10 Å². The van der Waals surface area contributed by atoms with Gasteiger partial charge >= 0.3 is 0 Å². The van der Waals surface area contributed by atoms with E-state index in [1.807, 2.05) is 72.1 Å². The van der Waals surface area contributed by atoms with Crippen molar-refractivity contribution < 1.29 is 4.79 Å². The van der Waals surface area contributed by atoms with Gasteiger partial charge in [-0.1, -0.05) is 47.4 Å². The number of para-hydroxylation sites is 1. The van der Waals surface area contributed by atoms with E-state index in [0.717, 1.165) is 25.5 Å². The van der Waals surface area contributed by atoms with Gasteiger partial charge in [0.15, 0.2) is 4.34 Å². The predicted molar refractivity (Wildman–Crippen MR) is 125 cm³/mol. The molecule has 0 aliphatic carbocycles. The van der Waals surface area contributed by atoms with Crippen LogP contribution in [0.3, 0.4) is 0 Å². The lowest BCUT2D eigenvalue weighted by Crippen LogP contribution is -2.12. The number of carbonyl (C=O) groups is 1. The number of benzene rings is 2. The third kappa shape index (κ3) is 4.43. The summed E-state index contributed by atoms with van der Waals surface area (Å²) in [5.74, 6) is -0.199. The minimum Gasteiger partial charge on any atom is -0.322 e. The van der Waals surface area contributed by atoms with Crippen molar-refractivity contribution in [1.29, 1.82) is 0 Å². The van der Waals surface area contributed by atoms with Crippen LogP contribution >= 0.6 is 34.4 Å².